The zero-order valence-electron chi connectivity index (χ0n) is 18.5. The molecule has 3 aliphatic rings. The minimum absolute atomic E-state index is 0.0358. The SMILES string of the molecule is COCCC1(NC(=O)C2CCC(C(=O)NC3(CCOC)CCOC3)CC2)CCOC1. The van der Waals surface area contributed by atoms with Crippen molar-refractivity contribution in [3.05, 3.63) is 0 Å². The number of methoxy groups -OCH3 is 2. The molecular formula is C22H38N2O6. The van der Waals surface area contributed by atoms with Crippen LogP contribution in [0.25, 0.3) is 0 Å². The molecule has 8 heteroatoms. The summed E-state index contributed by atoms with van der Waals surface area (Å²) in [4.78, 5) is 25.8. The topological polar surface area (TPSA) is 95.1 Å². The molecule has 0 bridgehead atoms. The molecule has 1 saturated carbocycles. The number of amides is 2. The van der Waals surface area contributed by atoms with Crippen molar-refractivity contribution in [2.45, 2.75) is 62.4 Å². The van der Waals surface area contributed by atoms with Crippen LogP contribution in [0.1, 0.15) is 51.4 Å². The van der Waals surface area contributed by atoms with Gasteiger partial charge in [-0.2, -0.15) is 0 Å². The summed E-state index contributed by atoms with van der Waals surface area (Å²) in [5.41, 5.74) is -0.616. The molecule has 0 aromatic rings. The van der Waals surface area contributed by atoms with Crippen LogP contribution in [-0.4, -0.2) is 76.8 Å². The fraction of sp³-hybridized carbons (Fsp3) is 0.909. The van der Waals surface area contributed by atoms with E-state index in [-0.39, 0.29) is 34.7 Å². The average Bonchev–Trinajstić information content (AvgIpc) is 3.41. The van der Waals surface area contributed by atoms with E-state index in [1.54, 1.807) is 14.2 Å². The second kappa shape index (κ2) is 10.9. The summed E-state index contributed by atoms with van der Waals surface area (Å²) >= 11 is 0. The van der Waals surface area contributed by atoms with E-state index >= 15 is 0 Å². The van der Waals surface area contributed by atoms with Crippen LogP contribution < -0.4 is 10.6 Å². The number of hydrogen-bond acceptors (Lipinski definition) is 6. The molecule has 0 radical (unpaired) electrons. The quantitative estimate of drug-likeness (QED) is 0.549. The van der Waals surface area contributed by atoms with Gasteiger partial charge in [-0.1, -0.05) is 0 Å². The Morgan fingerprint density at radius 2 is 1.20 bits per heavy atom. The molecule has 1 aliphatic carbocycles. The molecule has 2 unspecified atom stereocenters. The van der Waals surface area contributed by atoms with Crippen molar-refractivity contribution >= 4 is 11.8 Å². The lowest BCUT2D eigenvalue weighted by Gasteiger charge is -2.35. The van der Waals surface area contributed by atoms with E-state index in [0.717, 1.165) is 51.4 Å². The second-order valence-electron chi connectivity index (χ2n) is 9.18. The average molecular weight is 427 g/mol. The van der Waals surface area contributed by atoms with Crippen molar-refractivity contribution in [1.29, 1.82) is 0 Å². The van der Waals surface area contributed by atoms with Gasteiger partial charge in [0.1, 0.15) is 0 Å². The van der Waals surface area contributed by atoms with Crippen molar-refractivity contribution in [1.82, 2.24) is 10.6 Å². The van der Waals surface area contributed by atoms with Gasteiger partial charge >= 0.3 is 0 Å². The Labute approximate surface area is 179 Å². The molecule has 2 N–H and O–H groups in total. The third-order valence-electron chi connectivity index (χ3n) is 7.02. The van der Waals surface area contributed by atoms with E-state index in [1.807, 2.05) is 0 Å². The Balaban J connectivity index is 1.47. The molecule has 2 amide bonds. The number of hydrogen-bond donors (Lipinski definition) is 2. The standard InChI is InChI=1S/C22H38N2O6/c1-27-11-7-21(9-13-29-15-21)23-19(25)17-3-5-18(6-4-17)20(26)24-22(8-12-28-2)10-14-30-16-22/h17-18H,3-16H2,1-2H3,(H,23,25)(H,24,26). The van der Waals surface area contributed by atoms with Gasteiger partial charge in [0, 0.05) is 52.5 Å². The van der Waals surface area contributed by atoms with Gasteiger partial charge in [-0.15, -0.1) is 0 Å². The molecule has 3 fully saturated rings. The minimum atomic E-state index is -0.308. The molecule has 0 aromatic heterocycles. The van der Waals surface area contributed by atoms with E-state index < -0.39 is 0 Å². The van der Waals surface area contributed by atoms with Crippen LogP contribution in [0.2, 0.25) is 0 Å². The summed E-state index contributed by atoms with van der Waals surface area (Å²) in [6, 6.07) is 0. The molecule has 2 aliphatic heterocycles. The number of nitrogens with one attached hydrogen (secondary N) is 2. The maximum Gasteiger partial charge on any atom is 0.223 e. The first-order valence-corrected chi connectivity index (χ1v) is 11.3. The number of carbonyl (C=O) groups is 2. The molecule has 30 heavy (non-hydrogen) atoms. The highest BCUT2D eigenvalue weighted by molar-refractivity contribution is 5.82. The van der Waals surface area contributed by atoms with Crippen molar-refractivity contribution < 1.29 is 28.5 Å². The van der Waals surface area contributed by atoms with Gasteiger partial charge in [0.2, 0.25) is 11.8 Å². The van der Waals surface area contributed by atoms with Crippen LogP contribution in [0.5, 0.6) is 0 Å². The lowest BCUT2D eigenvalue weighted by molar-refractivity contribution is -0.133. The Kier molecular flexibility index (Phi) is 8.51. The molecule has 172 valence electrons. The van der Waals surface area contributed by atoms with Crippen molar-refractivity contribution in [2.75, 3.05) is 53.9 Å². The Morgan fingerprint density at radius 3 is 1.50 bits per heavy atom. The van der Waals surface area contributed by atoms with Gasteiger partial charge in [0.25, 0.3) is 0 Å². The van der Waals surface area contributed by atoms with Gasteiger partial charge in [-0.3, -0.25) is 9.59 Å². The van der Waals surface area contributed by atoms with Crippen molar-refractivity contribution in [3.8, 4) is 0 Å². The summed E-state index contributed by atoms with van der Waals surface area (Å²) in [6.45, 7) is 3.64. The van der Waals surface area contributed by atoms with Crippen molar-refractivity contribution in [2.24, 2.45) is 11.8 Å². The Morgan fingerprint density at radius 1 is 0.800 bits per heavy atom. The third-order valence-corrected chi connectivity index (χ3v) is 7.02. The Hall–Kier alpha value is -1.22. The second-order valence-corrected chi connectivity index (χ2v) is 9.18. The first-order chi connectivity index (χ1) is 14.5. The van der Waals surface area contributed by atoms with Gasteiger partial charge < -0.3 is 29.6 Å². The van der Waals surface area contributed by atoms with E-state index in [2.05, 4.69) is 10.6 Å². The smallest absolute Gasteiger partial charge is 0.223 e. The normalized spacial score (nSPS) is 34.1. The van der Waals surface area contributed by atoms with Gasteiger partial charge in [0.15, 0.2) is 0 Å². The number of carbonyl (C=O) groups excluding carboxylic acids is 2. The van der Waals surface area contributed by atoms with E-state index in [0.29, 0.717) is 39.6 Å². The highest BCUT2D eigenvalue weighted by atomic mass is 16.5. The van der Waals surface area contributed by atoms with Crippen molar-refractivity contribution in [3.63, 3.8) is 0 Å². The van der Waals surface area contributed by atoms with E-state index in [1.165, 1.54) is 0 Å². The summed E-state index contributed by atoms with van der Waals surface area (Å²) in [5, 5.41) is 6.51. The zero-order chi connectivity index (χ0) is 21.5. The molecular weight excluding hydrogens is 388 g/mol. The maximum absolute atomic E-state index is 12.9. The minimum Gasteiger partial charge on any atom is -0.385 e. The molecule has 2 heterocycles. The molecule has 2 saturated heterocycles. The lowest BCUT2D eigenvalue weighted by atomic mass is 9.80. The molecule has 3 rings (SSSR count). The fourth-order valence-electron chi connectivity index (χ4n) is 4.87. The van der Waals surface area contributed by atoms with Crippen LogP contribution in [0.15, 0.2) is 0 Å². The first kappa shape index (κ1) is 23.4. The highest BCUT2D eigenvalue weighted by Crippen LogP contribution is 2.32. The highest BCUT2D eigenvalue weighted by Gasteiger charge is 2.41. The molecule has 8 nitrogen and oxygen atoms in total. The van der Waals surface area contributed by atoms with Crippen LogP contribution in [0.3, 0.4) is 0 Å². The third kappa shape index (κ3) is 5.93. The van der Waals surface area contributed by atoms with Gasteiger partial charge in [-0.25, -0.2) is 0 Å². The number of rotatable bonds is 10. The lowest BCUT2D eigenvalue weighted by Crippen LogP contribution is -2.53. The van der Waals surface area contributed by atoms with Crippen LogP contribution in [0.4, 0.5) is 0 Å². The zero-order valence-corrected chi connectivity index (χ0v) is 18.5. The first-order valence-electron chi connectivity index (χ1n) is 11.3. The molecule has 0 aromatic carbocycles. The van der Waals surface area contributed by atoms with E-state index in [4.69, 9.17) is 18.9 Å². The van der Waals surface area contributed by atoms with Gasteiger partial charge in [0.05, 0.1) is 24.3 Å². The monoisotopic (exact) mass is 426 g/mol. The van der Waals surface area contributed by atoms with Gasteiger partial charge in [-0.05, 0) is 51.4 Å². The summed E-state index contributed by atoms with van der Waals surface area (Å²) in [7, 11) is 3.35. The predicted molar refractivity (Wildman–Crippen MR) is 111 cm³/mol. The van der Waals surface area contributed by atoms with Crippen LogP contribution in [0, 0.1) is 11.8 Å². The number of ether oxygens (including phenoxy) is 4. The molecule has 2 atom stereocenters. The summed E-state index contributed by atoms with van der Waals surface area (Å²) in [6.07, 6.45) is 6.15. The van der Waals surface area contributed by atoms with Crippen LogP contribution in [-0.2, 0) is 28.5 Å². The maximum atomic E-state index is 12.9. The molecule has 0 spiro atoms. The predicted octanol–water partition coefficient (Wildman–Crippen LogP) is 1.42. The Bertz CT molecular complexity index is 514. The summed E-state index contributed by atoms with van der Waals surface area (Å²) in [5.74, 6) is 0.116. The largest absolute Gasteiger partial charge is 0.385 e. The van der Waals surface area contributed by atoms with E-state index in [9.17, 15) is 9.59 Å². The summed E-state index contributed by atoms with van der Waals surface area (Å²) < 4.78 is 21.5. The van der Waals surface area contributed by atoms with Crippen LogP contribution >= 0.6 is 0 Å². The fourth-order valence-corrected chi connectivity index (χ4v) is 4.87.